The van der Waals surface area contributed by atoms with Gasteiger partial charge in [-0.3, -0.25) is 9.36 Å². The van der Waals surface area contributed by atoms with Crippen LogP contribution < -0.4 is 5.32 Å². The van der Waals surface area contributed by atoms with Crippen molar-refractivity contribution in [1.29, 1.82) is 5.26 Å². The van der Waals surface area contributed by atoms with E-state index in [0.29, 0.717) is 27.1 Å². The predicted molar refractivity (Wildman–Crippen MR) is 104 cm³/mol. The van der Waals surface area contributed by atoms with Gasteiger partial charge in [0.25, 0.3) is 5.91 Å². The van der Waals surface area contributed by atoms with Crippen LogP contribution in [0, 0.1) is 17.1 Å². The fourth-order valence-corrected chi connectivity index (χ4v) is 5.04. The lowest BCUT2D eigenvalue weighted by atomic mass is 10.1. The highest BCUT2D eigenvalue weighted by atomic mass is 32.2. The Balaban J connectivity index is 1.70. The van der Waals surface area contributed by atoms with E-state index in [2.05, 4.69) is 16.4 Å². The molecule has 1 aliphatic carbocycles. The lowest BCUT2D eigenvalue weighted by Gasteiger charge is -2.11. The molecule has 1 N–H and O–H groups in total. The summed E-state index contributed by atoms with van der Waals surface area (Å²) in [4.78, 5) is 18.4. The first-order chi connectivity index (χ1) is 13.1. The second kappa shape index (κ2) is 7.18. The summed E-state index contributed by atoms with van der Waals surface area (Å²) in [6, 6.07) is 8.13. The van der Waals surface area contributed by atoms with Crippen LogP contribution >= 0.6 is 23.1 Å². The van der Waals surface area contributed by atoms with Crippen molar-refractivity contribution in [3.05, 3.63) is 58.0 Å². The molecule has 1 aromatic carbocycles. The topological polar surface area (TPSA) is 70.7 Å². The third-order valence-electron chi connectivity index (χ3n) is 4.49. The molecule has 5 nitrogen and oxygen atoms in total. The molecule has 1 aliphatic rings. The van der Waals surface area contributed by atoms with Crippen LogP contribution in [0.5, 0.6) is 0 Å². The Hall–Kier alpha value is -2.63. The normalized spacial score (nSPS) is 12.6. The van der Waals surface area contributed by atoms with Crippen LogP contribution in [0.4, 0.5) is 9.39 Å². The molecule has 0 spiro atoms. The number of thioether (sulfide) groups is 1. The number of thiophene rings is 1. The van der Waals surface area contributed by atoms with Gasteiger partial charge in [0.1, 0.15) is 22.6 Å². The molecular formula is C19H15FN4OS2. The van der Waals surface area contributed by atoms with Crippen LogP contribution in [0.1, 0.15) is 32.9 Å². The highest BCUT2D eigenvalue weighted by Crippen LogP contribution is 2.38. The lowest BCUT2D eigenvalue weighted by Crippen LogP contribution is -2.16. The van der Waals surface area contributed by atoms with Crippen molar-refractivity contribution in [2.45, 2.75) is 24.4 Å². The summed E-state index contributed by atoms with van der Waals surface area (Å²) >= 11 is 2.87. The first kappa shape index (κ1) is 17.8. The number of carbonyl (C=O) groups is 1. The number of imidazole rings is 1. The smallest absolute Gasteiger partial charge is 0.274 e. The number of anilines is 1. The van der Waals surface area contributed by atoms with Gasteiger partial charge in [0.15, 0.2) is 5.16 Å². The highest BCUT2D eigenvalue weighted by Gasteiger charge is 2.25. The molecule has 4 rings (SSSR count). The summed E-state index contributed by atoms with van der Waals surface area (Å²) in [5, 5.41) is 13.6. The number of fused-ring (bicyclic) bond motifs is 1. The maximum atomic E-state index is 13.3. The van der Waals surface area contributed by atoms with E-state index in [9.17, 15) is 14.4 Å². The molecule has 2 aromatic heterocycles. The van der Waals surface area contributed by atoms with E-state index in [4.69, 9.17) is 0 Å². The van der Waals surface area contributed by atoms with E-state index in [1.165, 1.54) is 46.3 Å². The summed E-state index contributed by atoms with van der Waals surface area (Å²) in [5.41, 5.74) is 2.62. The number of nitrogens with one attached hydrogen (secondary N) is 1. The minimum atomic E-state index is -0.345. The van der Waals surface area contributed by atoms with Crippen molar-refractivity contribution in [3.8, 4) is 11.8 Å². The molecule has 3 aromatic rings. The van der Waals surface area contributed by atoms with Crippen molar-refractivity contribution < 1.29 is 9.18 Å². The third-order valence-corrected chi connectivity index (χ3v) is 6.35. The number of aryl methyl sites for hydroxylation is 1. The maximum absolute atomic E-state index is 13.3. The first-order valence-corrected chi connectivity index (χ1v) is 10.4. The van der Waals surface area contributed by atoms with Gasteiger partial charge < -0.3 is 5.32 Å². The Labute approximate surface area is 163 Å². The van der Waals surface area contributed by atoms with E-state index in [0.717, 1.165) is 24.8 Å². The standard InChI is InChI=1S/C19H15FN4OS2/c1-26-19-22-10-15(24(19)12-7-5-11(20)6-8-12)17(25)23-18-14(9-21)13-3-2-4-16(13)27-18/h5-8,10H,2-4H2,1H3,(H,23,25). The van der Waals surface area contributed by atoms with Gasteiger partial charge in [-0.1, -0.05) is 11.8 Å². The van der Waals surface area contributed by atoms with Crippen molar-refractivity contribution >= 4 is 34.0 Å². The Morgan fingerprint density at radius 1 is 1.37 bits per heavy atom. The van der Waals surface area contributed by atoms with E-state index in [-0.39, 0.29) is 11.7 Å². The zero-order valence-electron chi connectivity index (χ0n) is 14.5. The average Bonchev–Trinajstić information content (AvgIpc) is 3.36. The number of nitriles is 1. The molecule has 2 heterocycles. The van der Waals surface area contributed by atoms with Gasteiger partial charge in [-0.25, -0.2) is 9.37 Å². The van der Waals surface area contributed by atoms with Gasteiger partial charge in [0.2, 0.25) is 0 Å². The molecule has 0 fully saturated rings. The molecule has 27 heavy (non-hydrogen) atoms. The molecule has 0 atom stereocenters. The van der Waals surface area contributed by atoms with Crippen LogP contribution in [0.2, 0.25) is 0 Å². The fraction of sp³-hybridized carbons (Fsp3) is 0.211. The molecular weight excluding hydrogens is 383 g/mol. The number of aromatic nitrogens is 2. The van der Waals surface area contributed by atoms with E-state index >= 15 is 0 Å². The van der Waals surface area contributed by atoms with E-state index in [1.807, 2.05) is 6.26 Å². The molecule has 0 aliphatic heterocycles. The Morgan fingerprint density at radius 3 is 2.85 bits per heavy atom. The number of hydrogen-bond acceptors (Lipinski definition) is 5. The fourth-order valence-electron chi connectivity index (χ4n) is 3.26. The molecule has 0 radical (unpaired) electrons. The molecule has 0 unspecified atom stereocenters. The van der Waals surface area contributed by atoms with Crippen LogP contribution in [0.25, 0.3) is 5.69 Å². The molecule has 0 saturated carbocycles. The molecule has 0 bridgehead atoms. The monoisotopic (exact) mass is 398 g/mol. The highest BCUT2D eigenvalue weighted by molar-refractivity contribution is 7.98. The number of nitrogens with zero attached hydrogens (tertiary/aromatic N) is 3. The number of halogens is 1. The number of rotatable bonds is 4. The Bertz CT molecular complexity index is 1060. The van der Waals surface area contributed by atoms with Crippen LogP contribution in [0.15, 0.2) is 35.6 Å². The van der Waals surface area contributed by atoms with Crippen LogP contribution in [-0.4, -0.2) is 21.7 Å². The summed E-state index contributed by atoms with van der Waals surface area (Å²) in [6.07, 6.45) is 6.25. The number of hydrogen-bond donors (Lipinski definition) is 1. The first-order valence-electron chi connectivity index (χ1n) is 8.36. The maximum Gasteiger partial charge on any atom is 0.274 e. The van der Waals surface area contributed by atoms with Crippen molar-refractivity contribution in [2.24, 2.45) is 0 Å². The van der Waals surface area contributed by atoms with Crippen molar-refractivity contribution in [2.75, 3.05) is 11.6 Å². The molecule has 1 amide bonds. The largest absolute Gasteiger partial charge is 0.311 e. The molecule has 0 saturated heterocycles. The molecule has 136 valence electrons. The second-order valence-corrected chi connectivity index (χ2v) is 7.95. The quantitative estimate of drug-likeness (QED) is 0.661. The minimum Gasteiger partial charge on any atom is -0.311 e. The van der Waals surface area contributed by atoms with Gasteiger partial charge in [-0.2, -0.15) is 5.26 Å². The van der Waals surface area contributed by atoms with E-state index in [1.54, 1.807) is 16.7 Å². The summed E-state index contributed by atoms with van der Waals surface area (Å²) in [7, 11) is 0. The number of benzene rings is 1. The van der Waals surface area contributed by atoms with Gasteiger partial charge in [-0.05, 0) is 55.3 Å². The van der Waals surface area contributed by atoms with Crippen molar-refractivity contribution in [1.82, 2.24) is 9.55 Å². The SMILES string of the molecule is CSc1ncc(C(=O)Nc2sc3c(c2C#N)CCC3)n1-c1ccc(F)cc1. The zero-order chi connectivity index (χ0) is 19.0. The third kappa shape index (κ3) is 3.13. The van der Waals surface area contributed by atoms with Crippen molar-refractivity contribution in [3.63, 3.8) is 0 Å². The van der Waals surface area contributed by atoms with Gasteiger partial charge in [0, 0.05) is 10.6 Å². The van der Waals surface area contributed by atoms with E-state index < -0.39 is 0 Å². The minimum absolute atomic E-state index is 0.336. The Morgan fingerprint density at radius 2 is 2.15 bits per heavy atom. The van der Waals surface area contributed by atoms with Gasteiger partial charge >= 0.3 is 0 Å². The zero-order valence-corrected chi connectivity index (χ0v) is 16.1. The van der Waals surface area contributed by atoms with Crippen LogP contribution in [0.3, 0.4) is 0 Å². The Kier molecular flexibility index (Phi) is 4.72. The summed E-state index contributed by atoms with van der Waals surface area (Å²) < 4.78 is 15.0. The number of carbonyl (C=O) groups excluding carboxylic acids is 1. The number of amides is 1. The molecule has 8 heteroatoms. The van der Waals surface area contributed by atoms with Crippen LogP contribution in [-0.2, 0) is 12.8 Å². The van der Waals surface area contributed by atoms with Gasteiger partial charge in [-0.15, -0.1) is 11.3 Å². The second-order valence-electron chi connectivity index (χ2n) is 6.07. The lowest BCUT2D eigenvalue weighted by molar-refractivity contribution is 0.102. The summed E-state index contributed by atoms with van der Waals surface area (Å²) in [5.74, 6) is -0.689. The predicted octanol–water partition coefficient (Wildman–Crippen LogP) is 4.41. The average molecular weight is 398 g/mol. The van der Waals surface area contributed by atoms with Gasteiger partial charge in [0.05, 0.1) is 11.8 Å². The summed E-state index contributed by atoms with van der Waals surface area (Å²) in [6.45, 7) is 0.